The zero-order valence-corrected chi connectivity index (χ0v) is 8.92. The predicted molar refractivity (Wildman–Crippen MR) is 65.7 cm³/mol. The van der Waals surface area contributed by atoms with Gasteiger partial charge in [-0.3, -0.25) is 0 Å². The molecule has 0 aliphatic rings. The molecule has 70 valence electrons. The average molecular weight is 200 g/mol. The molecule has 0 amide bonds. The van der Waals surface area contributed by atoms with Crippen molar-refractivity contribution in [3.05, 3.63) is 53.4 Å². The van der Waals surface area contributed by atoms with Crippen LogP contribution in [0, 0.1) is 0 Å². The van der Waals surface area contributed by atoms with Crippen molar-refractivity contribution in [2.24, 2.45) is 0 Å². The summed E-state index contributed by atoms with van der Waals surface area (Å²) < 4.78 is 1.35. The van der Waals surface area contributed by atoms with Gasteiger partial charge in [0.1, 0.15) is 0 Å². The van der Waals surface area contributed by atoms with Crippen molar-refractivity contribution in [2.75, 3.05) is 0 Å². The van der Waals surface area contributed by atoms with Gasteiger partial charge >= 0.3 is 0 Å². The standard InChI is InChI=1S/C13H12S/c1-2-3-4-8-12-10-11-7-5-6-9-13(11)14-12/h2-10H,1H3/b3-2-,8-4-. The lowest BCUT2D eigenvalue weighted by Gasteiger charge is -1.82. The van der Waals surface area contributed by atoms with Crippen molar-refractivity contribution in [2.45, 2.75) is 6.92 Å². The van der Waals surface area contributed by atoms with Crippen molar-refractivity contribution in [3.63, 3.8) is 0 Å². The Morgan fingerprint density at radius 2 is 2.00 bits per heavy atom. The second kappa shape index (κ2) is 4.25. The van der Waals surface area contributed by atoms with Crippen LogP contribution in [-0.2, 0) is 0 Å². The molecule has 2 aromatic rings. The Balaban J connectivity index is 2.35. The van der Waals surface area contributed by atoms with E-state index in [0.29, 0.717) is 0 Å². The Morgan fingerprint density at radius 3 is 2.79 bits per heavy atom. The molecule has 1 heterocycles. The highest BCUT2D eigenvalue weighted by molar-refractivity contribution is 7.19. The first kappa shape index (κ1) is 9.22. The summed E-state index contributed by atoms with van der Waals surface area (Å²) in [5.41, 5.74) is 0. The fourth-order valence-electron chi connectivity index (χ4n) is 1.35. The Kier molecular flexibility index (Phi) is 2.80. The third kappa shape index (κ3) is 1.94. The van der Waals surface area contributed by atoms with Crippen LogP contribution in [0.3, 0.4) is 0 Å². The number of hydrogen-bond donors (Lipinski definition) is 0. The summed E-state index contributed by atoms with van der Waals surface area (Å²) in [7, 11) is 0. The van der Waals surface area contributed by atoms with Gasteiger partial charge in [0.15, 0.2) is 0 Å². The largest absolute Gasteiger partial charge is 0.136 e. The van der Waals surface area contributed by atoms with Gasteiger partial charge in [-0.1, -0.05) is 36.4 Å². The van der Waals surface area contributed by atoms with Crippen LogP contribution in [0.4, 0.5) is 0 Å². The number of allylic oxidation sites excluding steroid dienone is 3. The fourth-order valence-corrected chi connectivity index (χ4v) is 2.32. The molecule has 2 rings (SSSR count). The summed E-state index contributed by atoms with van der Waals surface area (Å²) in [5, 5.41) is 1.33. The van der Waals surface area contributed by atoms with Crippen LogP contribution in [0.2, 0.25) is 0 Å². The summed E-state index contributed by atoms with van der Waals surface area (Å²) in [6, 6.07) is 10.7. The molecule has 1 aromatic carbocycles. The van der Waals surface area contributed by atoms with E-state index in [1.807, 2.05) is 30.4 Å². The van der Waals surface area contributed by atoms with E-state index < -0.39 is 0 Å². The van der Waals surface area contributed by atoms with Gasteiger partial charge in [0.05, 0.1) is 0 Å². The molecule has 0 aliphatic carbocycles. The fraction of sp³-hybridized carbons (Fsp3) is 0.0769. The first-order chi connectivity index (χ1) is 6.90. The van der Waals surface area contributed by atoms with Crippen LogP contribution in [0.5, 0.6) is 0 Å². The third-order valence-corrected chi connectivity index (χ3v) is 3.09. The van der Waals surface area contributed by atoms with Gasteiger partial charge in [0.25, 0.3) is 0 Å². The van der Waals surface area contributed by atoms with E-state index in [2.05, 4.69) is 42.5 Å². The minimum atomic E-state index is 1.31. The van der Waals surface area contributed by atoms with Gasteiger partial charge < -0.3 is 0 Å². The molecular formula is C13H12S. The highest BCUT2D eigenvalue weighted by Gasteiger charge is 1.96. The van der Waals surface area contributed by atoms with Gasteiger partial charge in [0, 0.05) is 9.58 Å². The van der Waals surface area contributed by atoms with Gasteiger partial charge in [-0.05, 0) is 30.5 Å². The zero-order chi connectivity index (χ0) is 9.80. The molecule has 0 bridgehead atoms. The first-order valence-corrected chi connectivity index (χ1v) is 5.50. The van der Waals surface area contributed by atoms with E-state index in [1.54, 1.807) is 0 Å². The monoisotopic (exact) mass is 200 g/mol. The Bertz CT molecular complexity index is 442. The van der Waals surface area contributed by atoms with Gasteiger partial charge in [-0.2, -0.15) is 0 Å². The SMILES string of the molecule is C/C=C\C=C/c1cc2ccccc2s1. The van der Waals surface area contributed by atoms with Crippen LogP contribution < -0.4 is 0 Å². The van der Waals surface area contributed by atoms with Crippen molar-refractivity contribution in [1.29, 1.82) is 0 Å². The van der Waals surface area contributed by atoms with Crippen LogP contribution in [0.25, 0.3) is 16.2 Å². The minimum absolute atomic E-state index is 1.31. The summed E-state index contributed by atoms with van der Waals surface area (Å²) in [6.07, 6.45) is 8.30. The molecule has 0 radical (unpaired) electrons. The molecular weight excluding hydrogens is 188 g/mol. The molecule has 0 fully saturated rings. The normalized spacial score (nSPS) is 12.1. The molecule has 0 N–H and O–H groups in total. The van der Waals surface area contributed by atoms with E-state index in [1.165, 1.54) is 15.0 Å². The lowest BCUT2D eigenvalue weighted by atomic mass is 10.2. The highest BCUT2D eigenvalue weighted by atomic mass is 32.1. The zero-order valence-electron chi connectivity index (χ0n) is 8.10. The quantitative estimate of drug-likeness (QED) is 0.626. The summed E-state index contributed by atoms with van der Waals surface area (Å²) in [4.78, 5) is 1.31. The topological polar surface area (TPSA) is 0 Å². The first-order valence-electron chi connectivity index (χ1n) is 4.68. The Morgan fingerprint density at radius 1 is 1.14 bits per heavy atom. The summed E-state index contributed by atoms with van der Waals surface area (Å²) >= 11 is 1.83. The number of benzene rings is 1. The smallest absolute Gasteiger partial charge is 0.0349 e. The summed E-state index contributed by atoms with van der Waals surface area (Å²) in [6.45, 7) is 2.02. The van der Waals surface area contributed by atoms with Crippen molar-refractivity contribution >= 4 is 27.5 Å². The molecule has 0 saturated carbocycles. The van der Waals surface area contributed by atoms with Gasteiger partial charge in [-0.25, -0.2) is 0 Å². The second-order valence-corrected chi connectivity index (χ2v) is 4.19. The van der Waals surface area contributed by atoms with Crippen LogP contribution in [-0.4, -0.2) is 0 Å². The van der Waals surface area contributed by atoms with E-state index in [4.69, 9.17) is 0 Å². The van der Waals surface area contributed by atoms with Crippen molar-refractivity contribution in [3.8, 4) is 0 Å². The van der Waals surface area contributed by atoms with E-state index >= 15 is 0 Å². The molecule has 0 spiro atoms. The van der Waals surface area contributed by atoms with Gasteiger partial charge in [-0.15, -0.1) is 11.3 Å². The lowest BCUT2D eigenvalue weighted by Crippen LogP contribution is -1.57. The second-order valence-electron chi connectivity index (χ2n) is 3.07. The van der Waals surface area contributed by atoms with Crippen LogP contribution in [0.15, 0.2) is 48.6 Å². The Labute approximate surface area is 88.2 Å². The number of fused-ring (bicyclic) bond motifs is 1. The molecule has 14 heavy (non-hydrogen) atoms. The highest BCUT2D eigenvalue weighted by Crippen LogP contribution is 2.25. The Hall–Kier alpha value is -1.34. The van der Waals surface area contributed by atoms with E-state index in [9.17, 15) is 0 Å². The molecule has 1 aromatic heterocycles. The molecule has 0 aliphatic heterocycles. The predicted octanol–water partition coefficient (Wildman–Crippen LogP) is 4.49. The van der Waals surface area contributed by atoms with E-state index in [-0.39, 0.29) is 0 Å². The maximum atomic E-state index is 2.22. The third-order valence-electron chi connectivity index (χ3n) is 2.01. The minimum Gasteiger partial charge on any atom is -0.136 e. The number of thiophene rings is 1. The average Bonchev–Trinajstić information content (AvgIpc) is 2.60. The molecule has 0 unspecified atom stereocenters. The molecule has 0 saturated heterocycles. The van der Waals surface area contributed by atoms with E-state index in [0.717, 1.165) is 0 Å². The van der Waals surface area contributed by atoms with Crippen LogP contribution in [0.1, 0.15) is 11.8 Å². The number of hydrogen-bond acceptors (Lipinski definition) is 1. The van der Waals surface area contributed by atoms with Gasteiger partial charge in [0.2, 0.25) is 0 Å². The van der Waals surface area contributed by atoms with Crippen LogP contribution >= 0.6 is 11.3 Å². The lowest BCUT2D eigenvalue weighted by molar-refractivity contribution is 1.74. The molecule has 0 nitrogen and oxygen atoms in total. The van der Waals surface area contributed by atoms with Crippen molar-refractivity contribution < 1.29 is 0 Å². The maximum absolute atomic E-state index is 2.22. The maximum Gasteiger partial charge on any atom is 0.0349 e. The molecule has 0 atom stereocenters. The van der Waals surface area contributed by atoms with Crippen molar-refractivity contribution in [1.82, 2.24) is 0 Å². The number of rotatable bonds is 2. The molecule has 1 heteroatoms. The summed E-state index contributed by atoms with van der Waals surface area (Å²) in [5.74, 6) is 0.